The molecule has 0 aliphatic rings. The topological polar surface area (TPSA) is 108 Å². The third kappa shape index (κ3) is 2.53. The first-order chi connectivity index (χ1) is 8.18. The van der Waals surface area contributed by atoms with Gasteiger partial charge in [-0.1, -0.05) is 11.8 Å². The van der Waals surface area contributed by atoms with Gasteiger partial charge in [-0.3, -0.25) is 10.1 Å². The highest BCUT2D eigenvalue weighted by Gasteiger charge is 2.21. The summed E-state index contributed by atoms with van der Waals surface area (Å²) in [6.45, 7) is 0. The predicted molar refractivity (Wildman–Crippen MR) is 61.4 cm³/mol. The van der Waals surface area contributed by atoms with Crippen molar-refractivity contribution >= 4 is 23.3 Å². The maximum atomic E-state index is 10.8. The molecule has 2 N–H and O–H groups in total. The van der Waals surface area contributed by atoms with Crippen molar-refractivity contribution in [3.8, 4) is 0 Å². The van der Waals surface area contributed by atoms with Crippen molar-refractivity contribution in [3.63, 3.8) is 0 Å². The van der Waals surface area contributed by atoms with Crippen molar-refractivity contribution in [3.05, 3.63) is 40.6 Å². The van der Waals surface area contributed by atoms with Crippen LogP contribution in [0, 0.1) is 10.1 Å². The number of hydrogen-bond acceptors (Lipinski definition) is 7. The fraction of sp³-hybridized carbons (Fsp3) is 0.111. The second-order valence-electron chi connectivity index (χ2n) is 3.04. The molecule has 7 nitrogen and oxygen atoms in total. The summed E-state index contributed by atoms with van der Waals surface area (Å²) < 4.78 is 5.12. The Labute approximate surface area is 100 Å². The summed E-state index contributed by atoms with van der Waals surface area (Å²) >= 11 is 1.18. The van der Waals surface area contributed by atoms with E-state index >= 15 is 0 Å². The molecule has 88 valence electrons. The summed E-state index contributed by atoms with van der Waals surface area (Å²) in [5, 5.41) is 11.0. The highest BCUT2D eigenvalue weighted by atomic mass is 32.2. The minimum absolute atomic E-state index is 0.132. The van der Waals surface area contributed by atoms with Gasteiger partial charge in [-0.05, 0) is 12.1 Å². The van der Waals surface area contributed by atoms with E-state index in [0.29, 0.717) is 11.5 Å². The Kier molecular flexibility index (Phi) is 3.24. The number of hydrogen-bond donors (Lipinski definition) is 1. The Morgan fingerprint density at radius 1 is 1.53 bits per heavy atom. The number of nitrogens with two attached hydrogens (primary N) is 1. The van der Waals surface area contributed by atoms with Crippen LogP contribution in [0.5, 0.6) is 0 Å². The van der Waals surface area contributed by atoms with Crippen LogP contribution in [0.25, 0.3) is 0 Å². The standard InChI is InChI=1S/C9H8N4O3S/c10-8-7(13(14)15)9(12-5-11-8)17-4-6-2-1-3-16-6/h1-3,5H,4H2,(H2,10,11,12). The quantitative estimate of drug-likeness (QED) is 0.383. The molecule has 0 fully saturated rings. The van der Waals surface area contributed by atoms with Gasteiger partial charge in [0.05, 0.1) is 16.9 Å². The molecule has 0 aromatic carbocycles. The minimum Gasteiger partial charge on any atom is -0.468 e. The predicted octanol–water partition coefficient (Wildman–Crippen LogP) is 1.85. The SMILES string of the molecule is Nc1ncnc(SCc2ccco2)c1[N+](=O)[O-]. The van der Waals surface area contributed by atoms with Crippen molar-refractivity contribution < 1.29 is 9.34 Å². The Balaban J connectivity index is 2.21. The van der Waals surface area contributed by atoms with E-state index in [4.69, 9.17) is 10.2 Å². The van der Waals surface area contributed by atoms with Crippen molar-refractivity contribution in [1.82, 2.24) is 9.97 Å². The van der Waals surface area contributed by atoms with Crippen molar-refractivity contribution in [1.29, 1.82) is 0 Å². The van der Waals surface area contributed by atoms with Crippen molar-refractivity contribution in [2.24, 2.45) is 0 Å². The van der Waals surface area contributed by atoms with E-state index in [1.165, 1.54) is 18.1 Å². The van der Waals surface area contributed by atoms with Crippen LogP contribution in [-0.2, 0) is 5.75 Å². The average Bonchev–Trinajstić information content (AvgIpc) is 2.78. The largest absolute Gasteiger partial charge is 0.468 e. The summed E-state index contributed by atoms with van der Waals surface area (Å²) in [6.07, 6.45) is 2.74. The van der Waals surface area contributed by atoms with E-state index in [2.05, 4.69) is 9.97 Å². The molecule has 2 rings (SSSR count). The zero-order chi connectivity index (χ0) is 12.3. The van der Waals surface area contributed by atoms with Crippen LogP contribution >= 0.6 is 11.8 Å². The molecule has 2 aromatic rings. The Bertz CT molecular complexity index is 529. The number of furan rings is 1. The summed E-state index contributed by atoms with van der Waals surface area (Å²) in [5.74, 6) is 1.03. The van der Waals surface area contributed by atoms with Crippen molar-refractivity contribution in [2.75, 3.05) is 5.73 Å². The van der Waals surface area contributed by atoms with E-state index in [1.807, 2.05) is 0 Å². The number of nitrogen functional groups attached to an aromatic ring is 1. The van der Waals surface area contributed by atoms with E-state index in [0.717, 1.165) is 0 Å². The highest BCUT2D eigenvalue weighted by molar-refractivity contribution is 7.98. The average molecular weight is 252 g/mol. The molecule has 0 radical (unpaired) electrons. The fourth-order valence-corrected chi connectivity index (χ4v) is 2.07. The van der Waals surface area contributed by atoms with Gasteiger partial charge in [-0.2, -0.15) is 0 Å². The molecule has 0 amide bonds. The number of anilines is 1. The first-order valence-corrected chi connectivity index (χ1v) is 5.57. The Morgan fingerprint density at radius 2 is 2.35 bits per heavy atom. The maximum Gasteiger partial charge on any atom is 0.343 e. The molecule has 17 heavy (non-hydrogen) atoms. The van der Waals surface area contributed by atoms with Crippen LogP contribution in [-0.4, -0.2) is 14.9 Å². The zero-order valence-corrected chi connectivity index (χ0v) is 9.38. The van der Waals surface area contributed by atoms with Gasteiger partial charge in [0.1, 0.15) is 12.1 Å². The van der Waals surface area contributed by atoms with Crippen LogP contribution in [0.2, 0.25) is 0 Å². The second kappa shape index (κ2) is 4.83. The number of thioether (sulfide) groups is 1. The molecular weight excluding hydrogens is 244 g/mol. The number of rotatable bonds is 4. The molecule has 0 spiro atoms. The lowest BCUT2D eigenvalue weighted by molar-refractivity contribution is -0.387. The van der Waals surface area contributed by atoms with Crippen LogP contribution in [0.4, 0.5) is 11.5 Å². The highest BCUT2D eigenvalue weighted by Crippen LogP contribution is 2.32. The second-order valence-corrected chi connectivity index (χ2v) is 4.00. The van der Waals surface area contributed by atoms with Gasteiger partial charge in [-0.25, -0.2) is 9.97 Å². The molecule has 0 saturated heterocycles. The van der Waals surface area contributed by atoms with Gasteiger partial charge >= 0.3 is 5.69 Å². The van der Waals surface area contributed by atoms with Crippen LogP contribution in [0.1, 0.15) is 5.76 Å². The summed E-state index contributed by atoms with van der Waals surface area (Å²) in [7, 11) is 0. The van der Waals surface area contributed by atoms with Crippen LogP contribution < -0.4 is 5.73 Å². The third-order valence-corrected chi connectivity index (χ3v) is 2.93. The van der Waals surface area contributed by atoms with Gasteiger partial charge < -0.3 is 10.2 Å². The van der Waals surface area contributed by atoms with Crippen LogP contribution in [0.3, 0.4) is 0 Å². The Morgan fingerprint density at radius 3 is 3.00 bits per heavy atom. The van der Waals surface area contributed by atoms with Gasteiger partial charge in [0, 0.05) is 0 Å². The fourth-order valence-electron chi connectivity index (χ4n) is 1.19. The molecule has 0 atom stereocenters. The van der Waals surface area contributed by atoms with Gasteiger partial charge in [0.15, 0.2) is 5.03 Å². The number of nitrogens with zero attached hydrogens (tertiary/aromatic N) is 3. The van der Waals surface area contributed by atoms with Crippen molar-refractivity contribution in [2.45, 2.75) is 10.8 Å². The normalized spacial score (nSPS) is 10.4. The molecule has 0 aliphatic heterocycles. The van der Waals surface area contributed by atoms with Gasteiger partial charge in [0.25, 0.3) is 0 Å². The zero-order valence-electron chi connectivity index (χ0n) is 8.57. The Hall–Kier alpha value is -2.09. The number of aromatic nitrogens is 2. The molecule has 0 unspecified atom stereocenters. The minimum atomic E-state index is -0.584. The van der Waals surface area contributed by atoms with Crippen LogP contribution in [0.15, 0.2) is 34.2 Å². The lowest BCUT2D eigenvalue weighted by Gasteiger charge is -2.01. The van der Waals surface area contributed by atoms with Gasteiger partial charge in [0.2, 0.25) is 5.82 Å². The molecule has 0 saturated carbocycles. The first-order valence-electron chi connectivity index (χ1n) is 4.58. The summed E-state index contributed by atoms with van der Waals surface area (Å²) in [6, 6.07) is 3.53. The smallest absolute Gasteiger partial charge is 0.343 e. The molecular formula is C9H8N4O3S. The van der Waals surface area contributed by atoms with E-state index in [9.17, 15) is 10.1 Å². The monoisotopic (exact) mass is 252 g/mol. The lowest BCUT2D eigenvalue weighted by Crippen LogP contribution is -2.01. The van der Waals surface area contributed by atoms with E-state index < -0.39 is 4.92 Å². The summed E-state index contributed by atoms with van der Waals surface area (Å²) in [5.41, 5.74) is 5.18. The first kappa shape index (κ1) is 11.4. The molecule has 0 bridgehead atoms. The molecule has 0 aliphatic carbocycles. The van der Waals surface area contributed by atoms with E-state index in [1.54, 1.807) is 18.4 Å². The molecule has 2 aromatic heterocycles. The van der Waals surface area contributed by atoms with Gasteiger partial charge in [-0.15, -0.1) is 0 Å². The third-order valence-electron chi connectivity index (χ3n) is 1.93. The van der Waals surface area contributed by atoms with E-state index in [-0.39, 0.29) is 16.5 Å². The summed E-state index contributed by atoms with van der Waals surface area (Å²) in [4.78, 5) is 17.7. The molecule has 8 heteroatoms. The maximum absolute atomic E-state index is 10.8. The lowest BCUT2D eigenvalue weighted by atomic mass is 10.5. The number of nitro groups is 1. The molecule has 2 heterocycles.